The number of hydrogen-bond acceptors (Lipinski definition) is 3. The summed E-state index contributed by atoms with van der Waals surface area (Å²) < 4.78 is 26.6. The zero-order valence-corrected chi connectivity index (χ0v) is 12.0. The van der Waals surface area contributed by atoms with Crippen molar-refractivity contribution in [1.29, 1.82) is 0 Å². The molecule has 2 heterocycles. The molecule has 5 nitrogen and oxygen atoms in total. The van der Waals surface area contributed by atoms with Crippen LogP contribution in [0.2, 0.25) is 0 Å². The molecule has 1 N–H and O–H groups in total. The number of nitrogens with zero attached hydrogens (tertiary/aromatic N) is 2. The van der Waals surface area contributed by atoms with Gasteiger partial charge in [-0.05, 0) is 12.1 Å². The van der Waals surface area contributed by atoms with Crippen LogP contribution in [-0.4, -0.2) is 60.9 Å². The maximum atomic E-state index is 13.7. The lowest BCUT2D eigenvalue weighted by molar-refractivity contribution is -0.138. The van der Waals surface area contributed by atoms with Crippen LogP contribution in [0, 0.1) is 17.6 Å². The maximum absolute atomic E-state index is 13.7. The highest BCUT2D eigenvalue weighted by molar-refractivity contribution is 5.94. The van der Waals surface area contributed by atoms with Gasteiger partial charge in [-0.15, -0.1) is 0 Å². The van der Waals surface area contributed by atoms with Crippen LogP contribution in [0.1, 0.15) is 10.4 Å². The van der Waals surface area contributed by atoms with Crippen molar-refractivity contribution in [2.45, 2.75) is 0 Å². The summed E-state index contributed by atoms with van der Waals surface area (Å²) in [4.78, 5) is 27.6. The standard InChI is InChI=1S/C15H17F2N3O2/c16-11-1-2-12(13(17)7-11)15(22)20-5-3-19(4-6-20)14(21)10-8-18-9-10/h1-2,7,10,18H,3-6,8-9H2. The highest BCUT2D eigenvalue weighted by Gasteiger charge is 2.32. The third-order valence-electron chi connectivity index (χ3n) is 4.17. The van der Waals surface area contributed by atoms with Crippen LogP contribution in [0.4, 0.5) is 8.78 Å². The molecule has 7 heteroatoms. The Kier molecular flexibility index (Phi) is 4.06. The van der Waals surface area contributed by atoms with Crippen molar-refractivity contribution in [3.8, 4) is 0 Å². The third-order valence-corrected chi connectivity index (χ3v) is 4.17. The number of carbonyl (C=O) groups excluding carboxylic acids is 2. The lowest BCUT2D eigenvalue weighted by atomic mass is 10.0. The molecule has 0 aliphatic carbocycles. The molecule has 0 bridgehead atoms. The molecule has 118 valence electrons. The van der Waals surface area contributed by atoms with Gasteiger partial charge in [0.25, 0.3) is 5.91 Å². The van der Waals surface area contributed by atoms with Gasteiger partial charge in [-0.1, -0.05) is 0 Å². The first-order valence-corrected chi connectivity index (χ1v) is 7.30. The second kappa shape index (κ2) is 6.00. The normalized spacial score (nSPS) is 19.0. The molecular formula is C15H17F2N3O2. The number of hydrogen-bond donors (Lipinski definition) is 1. The van der Waals surface area contributed by atoms with Crippen LogP contribution in [-0.2, 0) is 4.79 Å². The van der Waals surface area contributed by atoms with E-state index in [1.54, 1.807) is 4.90 Å². The summed E-state index contributed by atoms with van der Waals surface area (Å²) in [6.07, 6.45) is 0. The van der Waals surface area contributed by atoms with Gasteiger partial charge in [-0.3, -0.25) is 9.59 Å². The van der Waals surface area contributed by atoms with Gasteiger partial charge in [0.1, 0.15) is 11.6 Å². The van der Waals surface area contributed by atoms with Gasteiger partial charge in [0.05, 0.1) is 11.5 Å². The first-order valence-electron chi connectivity index (χ1n) is 7.30. The number of rotatable bonds is 2. The Morgan fingerprint density at radius 3 is 2.23 bits per heavy atom. The van der Waals surface area contributed by atoms with Crippen LogP contribution >= 0.6 is 0 Å². The second-order valence-electron chi connectivity index (χ2n) is 5.60. The predicted molar refractivity (Wildman–Crippen MR) is 75.2 cm³/mol. The molecule has 2 aliphatic heterocycles. The molecule has 0 aromatic heterocycles. The van der Waals surface area contributed by atoms with Crippen molar-refractivity contribution in [2.24, 2.45) is 5.92 Å². The summed E-state index contributed by atoms with van der Waals surface area (Å²) in [5.74, 6) is -1.88. The largest absolute Gasteiger partial charge is 0.339 e. The van der Waals surface area contributed by atoms with E-state index in [0.29, 0.717) is 45.3 Å². The summed E-state index contributed by atoms with van der Waals surface area (Å²) >= 11 is 0. The minimum atomic E-state index is -0.857. The summed E-state index contributed by atoms with van der Waals surface area (Å²) in [7, 11) is 0. The van der Waals surface area contributed by atoms with Crippen LogP contribution in [0.15, 0.2) is 18.2 Å². The van der Waals surface area contributed by atoms with E-state index in [4.69, 9.17) is 0 Å². The SMILES string of the molecule is O=C(c1ccc(F)cc1F)N1CCN(C(=O)C2CNC2)CC1. The van der Waals surface area contributed by atoms with Crippen molar-refractivity contribution in [3.05, 3.63) is 35.4 Å². The minimum Gasteiger partial charge on any atom is -0.339 e. The molecule has 0 atom stereocenters. The van der Waals surface area contributed by atoms with Crippen molar-refractivity contribution in [3.63, 3.8) is 0 Å². The first kappa shape index (κ1) is 14.9. The Labute approximate surface area is 126 Å². The molecule has 2 amide bonds. The van der Waals surface area contributed by atoms with Gasteiger partial charge in [0.2, 0.25) is 5.91 Å². The van der Waals surface area contributed by atoms with Crippen molar-refractivity contribution in [2.75, 3.05) is 39.3 Å². The Morgan fingerprint density at radius 2 is 1.68 bits per heavy atom. The monoisotopic (exact) mass is 309 g/mol. The van der Waals surface area contributed by atoms with E-state index < -0.39 is 17.5 Å². The Balaban J connectivity index is 1.60. The molecule has 3 rings (SSSR count). The van der Waals surface area contributed by atoms with E-state index >= 15 is 0 Å². The summed E-state index contributed by atoms with van der Waals surface area (Å²) in [5.41, 5.74) is -0.135. The minimum absolute atomic E-state index is 0.0387. The van der Waals surface area contributed by atoms with Gasteiger partial charge >= 0.3 is 0 Å². The third kappa shape index (κ3) is 2.81. The Morgan fingerprint density at radius 1 is 1.05 bits per heavy atom. The van der Waals surface area contributed by atoms with E-state index in [1.807, 2.05) is 0 Å². The molecular weight excluding hydrogens is 292 g/mol. The maximum Gasteiger partial charge on any atom is 0.256 e. The highest BCUT2D eigenvalue weighted by Crippen LogP contribution is 2.15. The van der Waals surface area contributed by atoms with E-state index in [2.05, 4.69) is 5.32 Å². The van der Waals surface area contributed by atoms with Gasteiger partial charge < -0.3 is 15.1 Å². The number of nitrogens with one attached hydrogen (secondary N) is 1. The van der Waals surface area contributed by atoms with Crippen LogP contribution < -0.4 is 5.32 Å². The number of amides is 2. The number of halogens is 2. The van der Waals surface area contributed by atoms with Gasteiger partial charge in [-0.2, -0.15) is 0 Å². The highest BCUT2D eigenvalue weighted by atomic mass is 19.1. The zero-order valence-electron chi connectivity index (χ0n) is 12.0. The molecule has 22 heavy (non-hydrogen) atoms. The van der Waals surface area contributed by atoms with Gasteiger partial charge in [0.15, 0.2) is 0 Å². The fourth-order valence-electron chi connectivity index (χ4n) is 2.68. The smallest absolute Gasteiger partial charge is 0.256 e. The van der Waals surface area contributed by atoms with E-state index in [0.717, 1.165) is 12.1 Å². The van der Waals surface area contributed by atoms with Crippen LogP contribution in [0.3, 0.4) is 0 Å². The Bertz CT molecular complexity index is 596. The van der Waals surface area contributed by atoms with Crippen molar-refractivity contribution < 1.29 is 18.4 Å². The zero-order chi connectivity index (χ0) is 15.7. The van der Waals surface area contributed by atoms with Crippen molar-refractivity contribution >= 4 is 11.8 Å². The molecule has 0 unspecified atom stereocenters. The van der Waals surface area contributed by atoms with Gasteiger partial charge in [0, 0.05) is 45.3 Å². The van der Waals surface area contributed by atoms with E-state index in [1.165, 1.54) is 4.90 Å². The van der Waals surface area contributed by atoms with Crippen molar-refractivity contribution in [1.82, 2.24) is 15.1 Å². The molecule has 2 aliphatic rings. The topological polar surface area (TPSA) is 52.7 Å². The van der Waals surface area contributed by atoms with Gasteiger partial charge in [-0.25, -0.2) is 8.78 Å². The fourth-order valence-corrected chi connectivity index (χ4v) is 2.68. The second-order valence-corrected chi connectivity index (χ2v) is 5.60. The predicted octanol–water partition coefficient (Wildman–Crippen LogP) is 0.469. The summed E-state index contributed by atoms with van der Waals surface area (Å²) in [5, 5.41) is 3.06. The first-order chi connectivity index (χ1) is 10.6. The molecule has 0 saturated carbocycles. The van der Waals surface area contributed by atoms with Crippen LogP contribution in [0.5, 0.6) is 0 Å². The number of piperazine rings is 1. The molecule has 2 fully saturated rings. The molecule has 2 saturated heterocycles. The van der Waals surface area contributed by atoms with E-state index in [-0.39, 0.29) is 17.4 Å². The summed E-state index contributed by atoms with van der Waals surface area (Å²) in [6.45, 7) is 3.04. The van der Waals surface area contributed by atoms with Crippen LogP contribution in [0.25, 0.3) is 0 Å². The summed E-state index contributed by atoms with van der Waals surface area (Å²) in [6, 6.07) is 2.93. The average Bonchev–Trinajstić information content (AvgIpc) is 2.45. The van der Waals surface area contributed by atoms with E-state index in [9.17, 15) is 18.4 Å². The molecule has 1 aromatic carbocycles. The number of carbonyl (C=O) groups is 2. The lowest BCUT2D eigenvalue weighted by Gasteiger charge is -2.38. The lowest BCUT2D eigenvalue weighted by Crippen LogP contribution is -2.57. The molecule has 0 radical (unpaired) electrons. The average molecular weight is 309 g/mol. The molecule has 1 aromatic rings. The Hall–Kier alpha value is -2.02. The quantitative estimate of drug-likeness (QED) is 0.864. The number of benzene rings is 1. The molecule has 0 spiro atoms. The fraction of sp³-hybridized carbons (Fsp3) is 0.467.